The fourth-order valence-corrected chi connectivity index (χ4v) is 7.31. The maximum absolute atomic E-state index is 13.3. The van der Waals surface area contributed by atoms with Crippen molar-refractivity contribution in [1.29, 1.82) is 0 Å². The number of anilines is 1. The number of ether oxygens (including phenoxy) is 2. The summed E-state index contributed by atoms with van der Waals surface area (Å²) >= 11 is 6.59. The van der Waals surface area contributed by atoms with E-state index in [1.54, 1.807) is 17.0 Å². The summed E-state index contributed by atoms with van der Waals surface area (Å²) in [7, 11) is 1.33. The summed E-state index contributed by atoms with van der Waals surface area (Å²) in [5.41, 5.74) is 5.21. The summed E-state index contributed by atoms with van der Waals surface area (Å²) in [5, 5.41) is 13.1. The smallest absolute Gasteiger partial charge is 0.410 e. The van der Waals surface area contributed by atoms with Crippen molar-refractivity contribution in [3.05, 3.63) is 68.4 Å². The lowest BCUT2D eigenvalue weighted by Crippen LogP contribution is -2.50. The summed E-state index contributed by atoms with van der Waals surface area (Å²) in [6.07, 6.45) is 2.84. The largest absolute Gasteiger partial charge is 0.506 e. The van der Waals surface area contributed by atoms with E-state index in [-0.39, 0.29) is 30.2 Å². The third-order valence-electron chi connectivity index (χ3n) is 8.55. The zero-order valence-electron chi connectivity index (χ0n) is 25.8. The van der Waals surface area contributed by atoms with Gasteiger partial charge in [0.2, 0.25) is 0 Å². The first-order valence-electron chi connectivity index (χ1n) is 15.3. The number of hydrogen-bond donors (Lipinski definition) is 2. The van der Waals surface area contributed by atoms with Gasteiger partial charge in [-0.1, -0.05) is 18.2 Å². The third-order valence-corrected chi connectivity index (χ3v) is 9.76. The van der Waals surface area contributed by atoms with Gasteiger partial charge in [-0.05, 0) is 99.0 Å². The van der Waals surface area contributed by atoms with Crippen LogP contribution >= 0.6 is 31.9 Å². The summed E-state index contributed by atoms with van der Waals surface area (Å²) in [4.78, 5) is 60.5. The summed E-state index contributed by atoms with van der Waals surface area (Å²) < 4.78 is 11.4. The molecule has 248 valence electrons. The van der Waals surface area contributed by atoms with Crippen LogP contribution in [0.15, 0.2) is 62.3 Å². The molecule has 3 heterocycles. The molecule has 0 aliphatic carbocycles. The van der Waals surface area contributed by atoms with Crippen LogP contribution in [-0.2, 0) is 31.9 Å². The predicted molar refractivity (Wildman–Crippen MR) is 180 cm³/mol. The van der Waals surface area contributed by atoms with Crippen LogP contribution < -0.4 is 5.32 Å². The lowest BCUT2D eigenvalue weighted by Gasteiger charge is -2.37. The first-order chi connectivity index (χ1) is 22.6. The molecule has 4 amide bonds. The van der Waals surface area contributed by atoms with Gasteiger partial charge in [0, 0.05) is 50.2 Å². The Labute approximate surface area is 289 Å². The van der Waals surface area contributed by atoms with Crippen LogP contribution in [0, 0.1) is 0 Å². The van der Waals surface area contributed by atoms with Crippen molar-refractivity contribution in [2.24, 2.45) is 4.99 Å². The van der Waals surface area contributed by atoms with Gasteiger partial charge in [0.25, 0.3) is 5.91 Å². The van der Waals surface area contributed by atoms with Crippen LogP contribution in [0.3, 0.4) is 0 Å². The van der Waals surface area contributed by atoms with Gasteiger partial charge in [-0.15, -0.1) is 0 Å². The van der Waals surface area contributed by atoms with Gasteiger partial charge in [0.15, 0.2) is 6.10 Å². The van der Waals surface area contributed by atoms with Crippen molar-refractivity contribution in [3.63, 3.8) is 0 Å². The highest BCUT2D eigenvalue weighted by atomic mass is 79.9. The number of fused-ring (bicyclic) bond motifs is 1. The highest BCUT2D eigenvalue weighted by Gasteiger charge is 2.34. The van der Waals surface area contributed by atoms with Crippen molar-refractivity contribution in [1.82, 2.24) is 14.7 Å². The first-order valence-corrected chi connectivity index (χ1v) is 16.9. The van der Waals surface area contributed by atoms with Crippen molar-refractivity contribution >= 4 is 67.4 Å². The fraction of sp³-hybridized carbons (Fsp3) is 0.424. The van der Waals surface area contributed by atoms with E-state index in [1.165, 1.54) is 18.2 Å². The Balaban J connectivity index is 1.25. The number of esters is 1. The quantitative estimate of drug-likeness (QED) is 0.227. The molecule has 2 atom stereocenters. The number of methoxy groups -OCH3 is 1. The van der Waals surface area contributed by atoms with Gasteiger partial charge in [-0.3, -0.25) is 4.79 Å². The molecule has 2 N–H and O–H groups in total. The van der Waals surface area contributed by atoms with E-state index in [0.29, 0.717) is 60.0 Å². The van der Waals surface area contributed by atoms with Crippen molar-refractivity contribution in [3.8, 4) is 5.75 Å². The molecule has 12 nitrogen and oxygen atoms in total. The number of aromatic hydroxyl groups is 1. The van der Waals surface area contributed by atoms with E-state index in [9.17, 15) is 24.3 Å². The Morgan fingerprint density at radius 1 is 1.11 bits per heavy atom. The van der Waals surface area contributed by atoms with Gasteiger partial charge >= 0.3 is 18.1 Å². The highest BCUT2D eigenvalue weighted by molar-refractivity contribution is 9.11. The number of nitrogens with zero attached hydrogens (tertiary/aromatic N) is 4. The zero-order valence-corrected chi connectivity index (χ0v) is 29.0. The van der Waals surface area contributed by atoms with E-state index < -0.39 is 24.1 Å². The number of amides is 4. The number of piperidine rings is 1. The third kappa shape index (κ3) is 8.44. The van der Waals surface area contributed by atoms with Gasteiger partial charge < -0.3 is 34.6 Å². The number of para-hydroxylation sites is 1. The molecule has 5 rings (SSSR count). The topological polar surface area (TPSA) is 141 Å². The Bertz CT molecular complexity index is 1610. The maximum Gasteiger partial charge on any atom is 0.410 e. The molecule has 47 heavy (non-hydrogen) atoms. The molecule has 2 fully saturated rings. The SMILES string of the molecule is COC(=O)[C@@H]1CCCN1C=C=C=NC(=O)[C@@H](Cc1cc(Br)c(O)c(Br)c1)OC(=O)N1CCC(N2CCc3ccccc3NC2=O)CC1. The summed E-state index contributed by atoms with van der Waals surface area (Å²) in [6, 6.07) is 10.4. The Kier molecular flexibility index (Phi) is 11.4. The summed E-state index contributed by atoms with van der Waals surface area (Å²) in [6.45, 7) is 1.90. The van der Waals surface area contributed by atoms with Gasteiger partial charge in [-0.25, -0.2) is 14.4 Å². The monoisotopic (exact) mass is 771 g/mol. The number of nitrogens with one attached hydrogen (secondary N) is 1. The van der Waals surface area contributed by atoms with Crippen LogP contribution in [0.4, 0.5) is 15.3 Å². The lowest BCUT2D eigenvalue weighted by atomic mass is 10.0. The van der Waals surface area contributed by atoms with E-state index >= 15 is 0 Å². The van der Waals surface area contributed by atoms with E-state index in [4.69, 9.17) is 9.47 Å². The average molecular weight is 773 g/mol. The number of urea groups is 1. The zero-order chi connectivity index (χ0) is 33.5. The molecule has 2 aromatic rings. The van der Waals surface area contributed by atoms with Crippen LogP contribution in [-0.4, -0.2) is 101 Å². The number of phenols is 1. The number of halogens is 2. The van der Waals surface area contributed by atoms with Crippen LogP contribution in [0.25, 0.3) is 0 Å². The highest BCUT2D eigenvalue weighted by Crippen LogP contribution is 2.34. The Morgan fingerprint density at radius 2 is 1.83 bits per heavy atom. The minimum absolute atomic E-state index is 0.00303. The van der Waals surface area contributed by atoms with Crippen molar-refractivity contribution in [2.45, 2.75) is 56.7 Å². The number of hydrogen-bond acceptors (Lipinski definition) is 8. The molecule has 0 aromatic heterocycles. The van der Waals surface area contributed by atoms with Crippen molar-refractivity contribution in [2.75, 3.05) is 38.6 Å². The molecule has 0 bridgehead atoms. The minimum Gasteiger partial charge on any atom is -0.506 e. The van der Waals surface area contributed by atoms with Crippen LogP contribution in [0.5, 0.6) is 5.75 Å². The van der Waals surface area contributed by atoms with E-state index in [2.05, 4.69) is 53.8 Å². The number of carbonyl (C=O) groups excluding carboxylic acids is 4. The molecule has 3 aliphatic heterocycles. The van der Waals surface area contributed by atoms with E-state index in [1.807, 2.05) is 29.2 Å². The molecule has 0 spiro atoms. The van der Waals surface area contributed by atoms with Gasteiger partial charge in [-0.2, -0.15) is 4.99 Å². The van der Waals surface area contributed by atoms with E-state index in [0.717, 1.165) is 24.1 Å². The standard InChI is InChI=1S/C33H35Br2N5O7/c1-46-31(43)27-8-4-13-38(27)14-5-12-36-30(42)28(20-21-18-24(34)29(41)25(35)19-21)47-33(45)39-15-10-23(11-16-39)40-17-9-22-6-2-3-7-26(22)37-32(40)44/h2-3,6-7,14,18-19,23,27-28,41H,4,8-11,13,15-17,20H2,1H3,(H,37,44)/t27-,28+/m0/s1. The molecule has 14 heteroatoms. The first kappa shape index (κ1) is 34.3. The number of carbonyl (C=O) groups is 4. The number of rotatable bonds is 7. The lowest BCUT2D eigenvalue weighted by molar-refractivity contribution is -0.145. The molecule has 2 aromatic carbocycles. The van der Waals surface area contributed by atoms with Crippen molar-refractivity contribution < 1.29 is 33.8 Å². The van der Waals surface area contributed by atoms with Gasteiger partial charge in [0.05, 0.1) is 22.3 Å². The molecule has 0 unspecified atom stereocenters. The average Bonchev–Trinajstić information content (AvgIpc) is 3.47. The Hall–Kier alpha value is -4.09. The normalized spacial score (nSPS) is 18.6. The number of likely N-dealkylation sites (tertiary alicyclic amines) is 2. The molecule has 0 saturated carbocycles. The predicted octanol–water partition coefficient (Wildman–Crippen LogP) is 5.02. The van der Waals surface area contributed by atoms with Crippen LogP contribution in [0.2, 0.25) is 0 Å². The second-order valence-electron chi connectivity index (χ2n) is 11.5. The number of benzene rings is 2. The second kappa shape index (κ2) is 15.7. The Morgan fingerprint density at radius 3 is 2.55 bits per heavy atom. The fourth-order valence-electron chi connectivity index (χ4n) is 6.03. The minimum atomic E-state index is -1.29. The molecular formula is C33H35Br2N5O7. The van der Waals surface area contributed by atoms with Crippen LogP contribution in [0.1, 0.15) is 36.8 Å². The summed E-state index contributed by atoms with van der Waals surface area (Å²) in [5.74, 6) is 1.37. The molecule has 0 radical (unpaired) electrons. The maximum atomic E-state index is 13.3. The molecule has 2 saturated heterocycles. The number of phenolic OH excluding ortho intramolecular Hbond substituents is 1. The van der Waals surface area contributed by atoms with Gasteiger partial charge in [0.1, 0.15) is 11.8 Å². The second-order valence-corrected chi connectivity index (χ2v) is 13.2. The molecule has 3 aliphatic rings. The number of aliphatic imine (C=N–C) groups is 1. The molecular weight excluding hydrogens is 738 g/mol.